The van der Waals surface area contributed by atoms with Gasteiger partial charge in [-0.05, 0) is 40.9 Å². The van der Waals surface area contributed by atoms with Gasteiger partial charge in [0.1, 0.15) is 4.47 Å². The Bertz CT molecular complexity index is 601. The molecule has 0 aliphatic heterocycles. The van der Waals surface area contributed by atoms with Crippen LogP contribution in [0.15, 0.2) is 21.4 Å². The molecule has 5 heteroatoms. The Morgan fingerprint density at radius 2 is 2.12 bits per heavy atom. The largest absolute Gasteiger partial charge is 0.305 e. The molecule has 0 bridgehead atoms. The summed E-state index contributed by atoms with van der Waals surface area (Å²) in [5, 5.41) is 0. The van der Waals surface area contributed by atoms with Gasteiger partial charge in [0.05, 0.1) is 10.6 Å². The van der Waals surface area contributed by atoms with Crippen molar-refractivity contribution >= 4 is 27.3 Å². The molecule has 2 rings (SSSR count). The van der Waals surface area contributed by atoms with E-state index < -0.39 is 0 Å². The van der Waals surface area contributed by atoms with Gasteiger partial charge in [0.2, 0.25) is 0 Å². The van der Waals surface area contributed by atoms with E-state index in [0.717, 1.165) is 10.6 Å². The maximum Gasteiger partial charge on any atom is 0.265 e. The summed E-state index contributed by atoms with van der Waals surface area (Å²) in [6.45, 7) is 6.08. The highest BCUT2D eigenvalue weighted by Crippen LogP contribution is 2.27. The zero-order valence-electron chi connectivity index (χ0n) is 9.87. The predicted molar refractivity (Wildman–Crippen MR) is 74.7 cm³/mol. The van der Waals surface area contributed by atoms with Crippen LogP contribution in [0.3, 0.4) is 0 Å². The quantitative estimate of drug-likeness (QED) is 0.919. The summed E-state index contributed by atoms with van der Waals surface area (Å²) in [6.07, 6.45) is 0. The van der Waals surface area contributed by atoms with Gasteiger partial charge >= 0.3 is 0 Å². The number of hydrogen-bond donors (Lipinski definition) is 1. The first-order chi connectivity index (χ1) is 7.99. The lowest BCUT2D eigenvalue weighted by molar-refractivity contribution is 0.804. The molecule has 0 aliphatic rings. The fourth-order valence-corrected chi connectivity index (χ4v) is 3.00. The fraction of sp³-hybridized carbons (Fsp3) is 0.333. The predicted octanol–water partition coefficient (Wildman–Crippen LogP) is 3.69. The molecule has 0 unspecified atom stereocenters. The number of hydrogen-bond acceptors (Lipinski definition) is 3. The zero-order valence-corrected chi connectivity index (χ0v) is 12.3. The Balaban J connectivity index is 2.61. The van der Waals surface area contributed by atoms with Gasteiger partial charge in [0.15, 0.2) is 5.82 Å². The minimum atomic E-state index is -0.121. The van der Waals surface area contributed by atoms with Crippen molar-refractivity contribution in [2.75, 3.05) is 0 Å². The lowest BCUT2D eigenvalue weighted by Crippen LogP contribution is -2.14. The Morgan fingerprint density at radius 1 is 1.41 bits per heavy atom. The van der Waals surface area contributed by atoms with Crippen molar-refractivity contribution in [1.82, 2.24) is 9.97 Å². The summed E-state index contributed by atoms with van der Waals surface area (Å²) >= 11 is 4.92. The molecule has 0 fully saturated rings. The molecule has 0 amide bonds. The Morgan fingerprint density at radius 3 is 2.65 bits per heavy atom. The van der Waals surface area contributed by atoms with Crippen molar-refractivity contribution in [3.8, 4) is 10.7 Å². The first kappa shape index (κ1) is 12.5. The Hall–Kier alpha value is -0.940. The van der Waals surface area contributed by atoms with Gasteiger partial charge in [-0.3, -0.25) is 4.79 Å². The van der Waals surface area contributed by atoms with E-state index in [1.165, 1.54) is 4.88 Å². The SMILES string of the molecule is Cc1ccc(-c2nc(C(C)C)c(Br)c(=O)[nH]2)s1. The maximum absolute atomic E-state index is 11.8. The fourth-order valence-electron chi connectivity index (χ4n) is 1.54. The zero-order chi connectivity index (χ0) is 12.6. The topological polar surface area (TPSA) is 45.8 Å². The molecule has 2 heterocycles. The van der Waals surface area contributed by atoms with Gasteiger partial charge in [-0.2, -0.15) is 0 Å². The molecular weight excluding hydrogens is 300 g/mol. The van der Waals surface area contributed by atoms with E-state index in [9.17, 15) is 4.79 Å². The average Bonchev–Trinajstić information content (AvgIpc) is 2.68. The first-order valence-electron chi connectivity index (χ1n) is 5.35. The molecule has 0 aromatic carbocycles. The highest BCUT2D eigenvalue weighted by Gasteiger charge is 2.13. The highest BCUT2D eigenvalue weighted by atomic mass is 79.9. The second kappa shape index (κ2) is 4.74. The molecule has 0 radical (unpaired) electrons. The van der Waals surface area contributed by atoms with E-state index in [0.29, 0.717) is 10.3 Å². The number of aromatic amines is 1. The number of thiophene rings is 1. The minimum Gasteiger partial charge on any atom is -0.305 e. The van der Waals surface area contributed by atoms with Gasteiger partial charge in [-0.15, -0.1) is 11.3 Å². The van der Waals surface area contributed by atoms with Crippen molar-refractivity contribution in [3.63, 3.8) is 0 Å². The lowest BCUT2D eigenvalue weighted by atomic mass is 10.1. The number of H-pyrrole nitrogens is 1. The van der Waals surface area contributed by atoms with Crippen molar-refractivity contribution in [2.45, 2.75) is 26.7 Å². The second-order valence-corrected chi connectivity index (χ2v) is 6.26. The van der Waals surface area contributed by atoms with Gasteiger partial charge in [0, 0.05) is 4.88 Å². The van der Waals surface area contributed by atoms with Crippen LogP contribution in [0.1, 0.15) is 30.3 Å². The average molecular weight is 313 g/mol. The summed E-state index contributed by atoms with van der Waals surface area (Å²) in [5.74, 6) is 0.867. The van der Waals surface area contributed by atoms with Crippen LogP contribution >= 0.6 is 27.3 Å². The third-order valence-electron chi connectivity index (χ3n) is 2.41. The van der Waals surface area contributed by atoms with Crippen molar-refractivity contribution < 1.29 is 0 Å². The van der Waals surface area contributed by atoms with E-state index in [1.807, 2.05) is 32.9 Å². The van der Waals surface area contributed by atoms with Crippen LogP contribution in [0.25, 0.3) is 10.7 Å². The third kappa shape index (κ3) is 2.50. The summed E-state index contributed by atoms with van der Waals surface area (Å²) in [7, 11) is 0. The lowest BCUT2D eigenvalue weighted by Gasteiger charge is -2.08. The van der Waals surface area contributed by atoms with Gasteiger partial charge in [-0.25, -0.2) is 4.98 Å². The Labute approximate surface area is 112 Å². The molecule has 1 N–H and O–H groups in total. The van der Waals surface area contributed by atoms with Crippen LogP contribution in [-0.2, 0) is 0 Å². The molecule has 2 aromatic heterocycles. The molecule has 90 valence electrons. The minimum absolute atomic E-state index is 0.121. The standard InChI is InChI=1S/C12H13BrN2OS/c1-6(2)10-9(13)12(16)15-11(14-10)8-5-4-7(3)17-8/h4-6H,1-3H3,(H,14,15,16). The third-order valence-corrected chi connectivity index (χ3v) is 4.18. The van der Waals surface area contributed by atoms with Crippen molar-refractivity contribution in [3.05, 3.63) is 37.5 Å². The summed E-state index contributed by atoms with van der Waals surface area (Å²) < 4.78 is 0.532. The molecular formula is C12H13BrN2OS. The van der Waals surface area contributed by atoms with Crippen LogP contribution in [0.4, 0.5) is 0 Å². The van der Waals surface area contributed by atoms with Crippen LogP contribution in [0, 0.1) is 6.92 Å². The molecule has 2 aromatic rings. The Kier molecular flexibility index (Phi) is 3.49. The number of aromatic nitrogens is 2. The van der Waals surface area contributed by atoms with Crippen LogP contribution in [0.2, 0.25) is 0 Å². The summed E-state index contributed by atoms with van der Waals surface area (Å²) in [4.78, 5) is 21.3. The van der Waals surface area contributed by atoms with E-state index in [2.05, 4.69) is 25.9 Å². The van der Waals surface area contributed by atoms with Crippen molar-refractivity contribution in [1.29, 1.82) is 0 Å². The number of nitrogens with one attached hydrogen (secondary N) is 1. The van der Waals surface area contributed by atoms with Gasteiger partial charge in [0.25, 0.3) is 5.56 Å². The van der Waals surface area contributed by atoms with Crippen LogP contribution in [0.5, 0.6) is 0 Å². The molecule has 0 saturated carbocycles. The number of aryl methyl sites for hydroxylation is 1. The van der Waals surface area contributed by atoms with Gasteiger partial charge < -0.3 is 4.98 Å². The monoisotopic (exact) mass is 312 g/mol. The molecule has 0 atom stereocenters. The molecule has 0 saturated heterocycles. The highest BCUT2D eigenvalue weighted by molar-refractivity contribution is 9.10. The summed E-state index contributed by atoms with van der Waals surface area (Å²) in [6, 6.07) is 4.01. The van der Waals surface area contributed by atoms with Gasteiger partial charge in [-0.1, -0.05) is 13.8 Å². The first-order valence-corrected chi connectivity index (χ1v) is 6.96. The number of nitrogens with zero attached hydrogens (tertiary/aromatic N) is 1. The van der Waals surface area contributed by atoms with Crippen LogP contribution in [-0.4, -0.2) is 9.97 Å². The van der Waals surface area contributed by atoms with E-state index in [1.54, 1.807) is 11.3 Å². The molecule has 17 heavy (non-hydrogen) atoms. The smallest absolute Gasteiger partial charge is 0.265 e. The molecule has 3 nitrogen and oxygen atoms in total. The van der Waals surface area contributed by atoms with Crippen molar-refractivity contribution in [2.24, 2.45) is 0 Å². The second-order valence-electron chi connectivity index (χ2n) is 4.18. The maximum atomic E-state index is 11.8. The normalized spacial score (nSPS) is 11.1. The molecule has 0 aliphatic carbocycles. The molecule has 0 spiro atoms. The van der Waals surface area contributed by atoms with Crippen LogP contribution < -0.4 is 5.56 Å². The van der Waals surface area contributed by atoms with E-state index in [-0.39, 0.29) is 11.5 Å². The summed E-state index contributed by atoms with van der Waals surface area (Å²) in [5.41, 5.74) is 0.680. The number of halogens is 1. The van der Waals surface area contributed by atoms with E-state index >= 15 is 0 Å². The number of rotatable bonds is 2. The van der Waals surface area contributed by atoms with E-state index in [4.69, 9.17) is 0 Å².